The zero-order valence-electron chi connectivity index (χ0n) is 14.8. The van der Waals surface area contributed by atoms with Gasteiger partial charge in [0.05, 0.1) is 16.6 Å². The van der Waals surface area contributed by atoms with Crippen LogP contribution in [-0.4, -0.2) is 26.5 Å². The Morgan fingerprint density at radius 1 is 1.21 bits per heavy atom. The van der Waals surface area contributed by atoms with Gasteiger partial charge in [0.15, 0.2) is 17.5 Å². The Labute approximate surface area is 163 Å². The average Bonchev–Trinajstić information content (AvgIpc) is 3.11. The lowest BCUT2D eigenvalue weighted by Crippen LogP contribution is -2.27. The quantitative estimate of drug-likeness (QED) is 0.167. The van der Waals surface area contributed by atoms with E-state index in [9.17, 15) is 9.90 Å². The van der Waals surface area contributed by atoms with E-state index in [0.717, 1.165) is 11.8 Å². The number of thioether (sulfide) groups is 1. The van der Waals surface area contributed by atoms with E-state index >= 15 is 0 Å². The number of nitrogens with zero attached hydrogens (tertiary/aromatic N) is 5. The summed E-state index contributed by atoms with van der Waals surface area (Å²) in [5.41, 5.74) is 1.07. The van der Waals surface area contributed by atoms with E-state index < -0.39 is 5.90 Å². The Bertz CT molecular complexity index is 1220. The molecule has 0 unspecified atom stereocenters. The van der Waals surface area contributed by atoms with E-state index in [0.29, 0.717) is 21.7 Å². The average molecular weight is 393 g/mol. The highest BCUT2D eigenvalue weighted by molar-refractivity contribution is 7.99. The van der Waals surface area contributed by atoms with Gasteiger partial charge in [-0.15, -0.1) is 0 Å². The van der Waals surface area contributed by atoms with Crippen LogP contribution in [0.4, 0.5) is 5.88 Å². The van der Waals surface area contributed by atoms with Crippen molar-refractivity contribution in [2.24, 2.45) is 12.0 Å². The highest BCUT2D eigenvalue weighted by atomic mass is 32.2. The maximum Gasteiger partial charge on any atom is 0.320 e. The molecule has 0 amide bonds. The van der Waals surface area contributed by atoms with Crippen LogP contribution in [0.1, 0.15) is 0 Å². The van der Waals surface area contributed by atoms with Crippen molar-refractivity contribution >= 4 is 34.4 Å². The third kappa shape index (κ3) is 3.65. The van der Waals surface area contributed by atoms with Crippen LogP contribution in [0.5, 0.6) is 0 Å². The minimum atomic E-state index is -0.413. The van der Waals surface area contributed by atoms with E-state index in [1.807, 2.05) is 36.4 Å². The number of para-hydroxylation sites is 2. The molecule has 0 saturated carbocycles. The first kappa shape index (κ1) is 17.9. The predicted octanol–water partition coefficient (Wildman–Crippen LogP) is 1.38. The molecule has 0 atom stereocenters. The van der Waals surface area contributed by atoms with Crippen LogP contribution in [0.3, 0.4) is 0 Å². The number of aromatic nitrogens is 4. The number of rotatable bonds is 5. The van der Waals surface area contributed by atoms with E-state index in [2.05, 4.69) is 15.2 Å². The fourth-order valence-electron chi connectivity index (χ4n) is 2.66. The van der Waals surface area contributed by atoms with Crippen molar-refractivity contribution in [3.8, 4) is 5.69 Å². The summed E-state index contributed by atoms with van der Waals surface area (Å²) in [6, 6.07) is 16.3. The normalized spacial score (nSPS) is 11.8. The van der Waals surface area contributed by atoms with Gasteiger partial charge in [0.25, 0.3) is 11.8 Å². The number of aliphatic imine (C=N–C) groups is 1. The number of hydrogen-bond donors (Lipinski definition) is 0. The topological polar surface area (TPSA) is 100 Å². The lowest BCUT2D eigenvalue weighted by molar-refractivity contribution is -0.739. The Balaban J connectivity index is 1.73. The van der Waals surface area contributed by atoms with Gasteiger partial charge in [0.1, 0.15) is 0 Å². The molecule has 8 nitrogen and oxygen atoms in total. The molecule has 2 heterocycles. The molecular weight excluding hydrogens is 378 g/mol. The summed E-state index contributed by atoms with van der Waals surface area (Å²) < 4.78 is 7.82. The van der Waals surface area contributed by atoms with Crippen LogP contribution >= 0.6 is 11.8 Å². The van der Waals surface area contributed by atoms with Crippen molar-refractivity contribution in [3.05, 3.63) is 71.1 Å². The van der Waals surface area contributed by atoms with Crippen LogP contribution in [0.25, 0.3) is 16.6 Å². The van der Waals surface area contributed by atoms with Crippen molar-refractivity contribution in [1.29, 1.82) is 0 Å². The molecule has 2 aromatic carbocycles. The molecule has 0 radical (unpaired) electrons. The molecule has 0 aliphatic carbocycles. The van der Waals surface area contributed by atoms with Crippen LogP contribution in [-0.2, 0) is 7.05 Å². The Kier molecular flexibility index (Phi) is 4.90. The molecule has 0 fully saturated rings. The minimum absolute atomic E-state index is 0.00201. The summed E-state index contributed by atoms with van der Waals surface area (Å²) in [5.74, 6) is -0.286. The highest BCUT2D eigenvalue weighted by Crippen LogP contribution is 2.21. The maximum atomic E-state index is 13.1. The van der Waals surface area contributed by atoms with Crippen LogP contribution in [0.2, 0.25) is 0 Å². The molecule has 140 valence electrons. The Morgan fingerprint density at radius 2 is 1.96 bits per heavy atom. The molecule has 0 aliphatic heterocycles. The van der Waals surface area contributed by atoms with Crippen LogP contribution in [0.15, 0.2) is 80.3 Å². The molecular formula is C19H15N5O3S. The van der Waals surface area contributed by atoms with Gasteiger partial charge in [0, 0.05) is 5.75 Å². The molecule has 0 aliphatic rings. The first-order chi connectivity index (χ1) is 13.6. The predicted molar refractivity (Wildman–Crippen MR) is 103 cm³/mol. The van der Waals surface area contributed by atoms with Gasteiger partial charge in [-0.2, -0.15) is 0 Å². The third-order valence-electron chi connectivity index (χ3n) is 3.88. The van der Waals surface area contributed by atoms with Crippen molar-refractivity contribution in [2.45, 2.75) is 5.16 Å². The lowest BCUT2D eigenvalue weighted by atomic mass is 10.2. The van der Waals surface area contributed by atoms with Gasteiger partial charge < -0.3 is 5.11 Å². The molecule has 28 heavy (non-hydrogen) atoms. The molecule has 0 spiro atoms. The summed E-state index contributed by atoms with van der Waals surface area (Å²) in [6.45, 7) is 0. The smallest absolute Gasteiger partial charge is 0.320 e. The van der Waals surface area contributed by atoms with Crippen LogP contribution in [0, 0.1) is 0 Å². The first-order valence-corrected chi connectivity index (χ1v) is 9.37. The molecule has 0 saturated heterocycles. The number of fused-ring (bicyclic) bond motifs is 1. The zero-order valence-corrected chi connectivity index (χ0v) is 15.7. The summed E-state index contributed by atoms with van der Waals surface area (Å²) in [4.78, 5) is 21.5. The van der Waals surface area contributed by atoms with E-state index in [-0.39, 0.29) is 17.2 Å². The third-order valence-corrected chi connectivity index (χ3v) is 4.80. The van der Waals surface area contributed by atoms with E-state index in [4.69, 9.17) is 4.52 Å². The second kappa shape index (κ2) is 7.65. The molecule has 0 bridgehead atoms. The zero-order chi connectivity index (χ0) is 19.5. The van der Waals surface area contributed by atoms with Gasteiger partial charge in [-0.25, -0.2) is 9.98 Å². The summed E-state index contributed by atoms with van der Waals surface area (Å²) in [5, 5.41) is 16.7. The number of aryl methyl sites for hydroxylation is 1. The Hall–Kier alpha value is -3.46. The monoisotopic (exact) mass is 393 g/mol. The van der Waals surface area contributed by atoms with Gasteiger partial charge in [0.2, 0.25) is 0 Å². The van der Waals surface area contributed by atoms with Crippen molar-refractivity contribution in [3.63, 3.8) is 0 Å². The Morgan fingerprint density at radius 3 is 2.71 bits per heavy atom. The van der Waals surface area contributed by atoms with E-state index in [1.165, 1.54) is 15.4 Å². The molecule has 4 rings (SSSR count). The van der Waals surface area contributed by atoms with Gasteiger partial charge in [-0.05, 0) is 30.2 Å². The fraction of sp³-hybridized carbons (Fsp3) is 0.105. The van der Waals surface area contributed by atoms with Crippen molar-refractivity contribution in [2.75, 3.05) is 5.75 Å². The molecule has 0 N–H and O–H groups in total. The SMILES string of the molecule is C[n+]1cc(/N=C(\[O-])CSc2nc3ccccc3c(=O)n2-c2ccccc2)on1. The maximum absolute atomic E-state index is 13.1. The van der Waals surface area contributed by atoms with Crippen LogP contribution < -0.4 is 15.3 Å². The second-order valence-electron chi connectivity index (χ2n) is 5.90. The summed E-state index contributed by atoms with van der Waals surface area (Å²) in [6.07, 6.45) is 1.50. The molecule has 9 heteroatoms. The van der Waals surface area contributed by atoms with Gasteiger partial charge in [-0.1, -0.05) is 46.8 Å². The minimum Gasteiger partial charge on any atom is -0.861 e. The number of benzene rings is 2. The summed E-state index contributed by atoms with van der Waals surface area (Å²) >= 11 is 1.14. The number of hydrogen-bond acceptors (Lipinski definition) is 7. The summed E-state index contributed by atoms with van der Waals surface area (Å²) in [7, 11) is 1.67. The first-order valence-electron chi connectivity index (χ1n) is 8.39. The lowest BCUT2D eigenvalue weighted by Gasteiger charge is -2.14. The van der Waals surface area contributed by atoms with Crippen molar-refractivity contribution < 1.29 is 14.3 Å². The molecule has 4 aromatic rings. The highest BCUT2D eigenvalue weighted by Gasteiger charge is 2.13. The van der Waals surface area contributed by atoms with Crippen molar-refractivity contribution in [1.82, 2.24) is 14.8 Å². The van der Waals surface area contributed by atoms with Gasteiger partial charge >= 0.3 is 5.88 Å². The fourth-order valence-corrected chi connectivity index (χ4v) is 3.46. The second-order valence-corrected chi connectivity index (χ2v) is 6.84. The van der Waals surface area contributed by atoms with E-state index in [1.54, 1.807) is 25.2 Å². The standard InChI is InChI=1S/C19H15N5O3S/c1-23-11-17(27-22-23)21-16(25)12-28-19-20-15-10-6-5-9-14(15)18(26)24(19)13-7-3-2-4-8-13/h2-11H,12H2,1H3. The largest absolute Gasteiger partial charge is 0.861 e. The van der Waals surface area contributed by atoms with Gasteiger partial charge in [-0.3, -0.25) is 13.9 Å². The molecule has 2 aromatic heterocycles.